The summed E-state index contributed by atoms with van der Waals surface area (Å²) in [5.41, 5.74) is 5.42. The largest absolute Gasteiger partial charge is 0.379 e. The Labute approximate surface area is 109 Å². The molecule has 2 heterocycles. The molecule has 104 valence electrons. The van der Waals surface area contributed by atoms with Crippen LogP contribution in [0, 0.1) is 5.41 Å². The fourth-order valence-corrected chi connectivity index (χ4v) is 2.73. The van der Waals surface area contributed by atoms with E-state index in [0.29, 0.717) is 13.2 Å². The van der Waals surface area contributed by atoms with Crippen molar-refractivity contribution in [2.75, 3.05) is 32.8 Å². The van der Waals surface area contributed by atoms with Crippen LogP contribution in [0.5, 0.6) is 0 Å². The highest BCUT2D eigenvalue weighted by Gasteiger charge is 2.44. The van der Waals surface area contributed by atoms with Crippen molar-refractivity contribution in [3.63, 3.8) is 0 Å². The lowest BCUT2D eigenvalue weighted by Crippen LogP contribution is -2.55. The molecule has 5 heteroatoms. The van der Waals surface area contributed by atoms with Crippen molar-refractivity contribution >= 4 is 5.91 Å². The molecule has 0 radical (unpaired) electrons. The van der Waals surface area contributed by atoms with E-state index in [2.05, 4.69) is 17.1 Å². The van der Waals surface area contributed by atoms with Crippen LogP contribution in [0.2, 0.25) is 0 Å². The second kappa shape index (κ2) is 5.55. The molecular weight excluding hydrogens is 230 g/mol. The Morgan fingerprint density at radius 2 is 2.39 bits per heavy atom. The summed E-state index contributed by atoms with van der Waals surface area (Å²) in [6, 6.07) is 0.0687. The van der Waals surface area contributed by atoms with Gasteiger partial charge in [0.25, 0.3) is 0 Å². The molecule has 2 saturated heterocycles. The van der Waals surface area contributed by atoms with Crippen LogP contribution in [0.3, 0.4) is 0 Å². The van der Waals surface area contributed by atoms with Gasteiger partial charge in [0.2, 0.25) is 5.91 Å². The SMILES string of the molecule is CCN1CCCC(NC(=O)C2(C)COCC2N)C1. The van der Waals surface area contributed by atoms with Gasteiger partial charge in [0.15, 0.2) is 0 Å². The fourth-order valence-electron chi connectivity index (χ4n) is 2.73. The van der Waals surface area contributed by atoms with E-state index in [1.165, 1.54) is 0 Å². The molecule has 0 aromatic heterocycles. The zero-order valence-corrected chi connectivity index (χ0v) is 11.4. The van der Waals surface area contributed by atoms with E-state index in [-0.39, 0.29) is 18.0 Å². The molecule has 18 heavy (non-hydrogen) atoms. The number of nitrogens with zero attached hydrogens (tertiary/aromatic N) is 1. The molecule has 1 amide bonds. The monoisotopic (exact) mass is 255 g/mol. The van der Waals surface area contributed by atoms with Crippen molar-refractivity contribution in [1.29, 1.82) is 0 Å². The Balaban J connectivity index is 1.91. The molecule has 0 aromatic rings. The average molecular weight is 255 g/mol. The molecular formula is C13H25N3O2. The topological polar surface area (TPSA) is 67.6 Å². The van der Waals surface area contributed by atoms with E-state index in [9.17, 15) is 4.79 Å². The van der Waals surface area contributed by atoms with E-state index < -0.39 is 5.41 Å². The van der Waals surface area contributed by atoms with Crippen LogP contribution in [0.25, 0.3) is 0 Å². The molecule has 2 rings (SSSR count). The molecule has 5 nitrogen and oxygen atoms in total. The van der Waals surface area contributed by atoms with Crippen LogP contribution in [0.4, 0.5) is 0 Å². The zero-order chi connectivity index (χ0) is 13.2. The summed E-state index contributed by atoms with van der Waals surface area (Å²) in [6.07, 6.45) is 2.21. The van der Waals surface area contributed by atoms with Gasteiger partial charge in [0, 0.05) is 18.6 Å². The number of rotatable bonds is 3. The van der Waals surface area contributed by atoms with Gasteiger partial charge in [-0.05, 0) is 32.9 Å². The molecule has 2 aliphatic rings. The summed E-state index contributed by atoms with van der Waals surface area (Å²) in [5.74, 6) is 0.0513. The summed E-state index contributed by atoms with van der Waals surface area (Å²) in [6.45, 7) is 8.12. The second-order valence-corrected chi connectivity index (χ2v) is 5.74. The molecule has 0 spiro atoms. The first kappa shape index (κ1) is 13.8. The summed E-state index contributed by atoms with van der Waals surface area (Å²) >= 11 is 0. The predicted molar refractivity (Wildman–Crippen MR) is 70.2 cm³/mol. The third kappa shape index (κ3) is 2.68. The summed E-state index contributed by atoms with van der Waals surface area (Å²) in [4.78, 5) is 14.7. The van der Waals surface area contributed by atoms with Crippen LogP contribution in [-0.2, 0) is 9.53 Å². The van der Waals surface area contributed by atoms with Gasteiger partial charge in [-0.15, -0.1) is 0 Å². The van der Waals surface area contributed by atoms with Gasteiger partial charge in [0.1, 0.15) is 0 Å². The molecule has 0 bridgehead atoms. The number of hydrogen-bond donors (Lipinski definition) is 2. The smallest absolute Gasteiger partial charge is 0.230 e. The molecule has 3 atom stereocenters. The third-order valence-corrected chi connectivity index (χ3v) is 4.32. The molecule has 3 unspecified atom stereocenters. The van der Waals surface area contributed by atoms with Crippen LogP contribution < -0.4 is 11.1 Å². The van der Waals surface area contributed by atoms with Gasteiger partial charge in [-0.2, -0.15) is 0 Å². The van der Waals surface area contributed by atoms with Crippen molar-refractivity contribution < 1.29 is 9.53 Å². The highest BCUT2D eigenvalue weighted by molar-refractivity contribution is 5.83. The van der Waals surface area contributed by atoms with Crippen molar-refractivity contribution in [2.45, 2.75) is 38.8 Å². The summed E-state index contributed by atoms with van der Waals surface area (Å²) in [7, 11) is 0. The lowest BCUT2D eigenvalue weighted by Gasteiger charge is -2.35. The number of piperidine rings is 1. The minimum Gasteiger partial charge on any atom is -0.379 e. The standard InChI is InChI=1S/C13H25N3O2/c1-3-16-6-4-5-10(7-16)15-12(17)13(2)9-18-8-11(13)14/h10-11H,3-9,14H2,1-2H3,(H,15,17). The first-order chi connectivity index (χ1) is 8.56. The predicted octanol–water partition coefficient (Wildman–Crippen LogP) is -0.0493. The van der Waals surface area contributed by atoms with Gasteiger partial charge >= 0.3 is 0 Å². The van der Waals surface area contributed by atoms with E-state index in [4.69, 9.17) is 10.5 Å². The number of likely N-dealkylation sites (tertiary alicyclic amines) is 1. The maximum Gasteiger partial charge on any atom is 0.230 e. The Hall–Kier alpha value is -0.650. The second-order valence-electron chi connectivity index (χ2n) is 5.74. The zero-order valence-electron chi connectivity index (χ0n) is 11.4. The van der Waals surface area contributed by atoms with Crippen molar-refractivity contribution in [2.24, 2.45) is 11.1 Å². The maximum atomic E-state index is 12.4. The Kier molecular flexibility index (Phi) is 4.25. The maximum absolute atomic E-state index is 12.4. The normalized spacial score (nSPS) is 37.7. The van der Waals surface area contributed by atoms with Crippen molar-refractivity contribution in [3.05, 3.63) is 0 Å². The van der Waals surface area contributed by atoms with Gasteiger partial charge in [-0.3, -0.25) is 4.79 Å². The molecule has 2 aliphatic heterocycles. The number of nitrogens with one attached hydrogen (secondary N) is 1. The first-order valence-corrected chi connectivity index (χ1v) is 6.93. The number of amides is 1. The van der Waals surface area contributed by atoms with Gasteiger partial charge in [0.05, 0.1) is 18.6 Å². The lowest BCUT2D eigenvalue weighted by molar-refractivity contribution is -0.131. The number of carbonyl (C=O) groups excluding carboxylic acids is 1. The lowest BCUT2D eigenvalue weighted by atomic mass is 9.84. The van der Waals surface area contributed by atoms with Crippen LogP contribution >= 0.6 is 0 Å². The third-order valence-electron chi connectivity index (χ3n) is 4.32. The Morgan fingerprint density at radius 3 is 3.00 bits per heavy atom. The van der Waals surface area contributed by atoms with E-state index in [0.717, 1.165) is 32.5 Å². The first-order valence-electron chi connectivity index (χ1n) is 6.93. The van der Waals surface area contributed by atoms with Crippen LogP contribution in [0.1, 0.15) is 26.7 Å². The quantitative estimate of drug-likeness (QED) is 0.742. The molecule has 0 aromatic carbocycles. The van der Waals surface area contributed by atoms with Gasteiger partial charge < -0.3 is 20.7 Å². The van der Waals surface area contributed by atoms with Crippen molar-refractivity contribution in [1.82, 2.24) is 10.2 Å². The number of carbonyl (C=O) groups is 1. The number of nitrogens with two attached hydrogens (primary N) is 1. The Morgan fingerprint density at radius 1 is 1.61 bits per heavy atom. The fraction of sp³-hybridized carbons (Fsp3) is 0.923. The van der Waals surface area contributed by atoms with E-state index in [1.54, 1.807) is 0 Å². The van der Waals surface area contributed by atoms with Crippen LogP contribution in [0.15, 0.2) is 0 Å². The number of hydrogen-bond acceptors (Lipinski definition) is 4. The summed E-state index contributed by atoms with van der Waals surface area (Å²) < 4.78 is 5.33. The highest BCUT2D eigenvalue weighted by Crippen LogP contribution is 2.27. The van der Waals surface area contributed by atoms with Gasteiger partial charge in [-0.1, -0.05) is 6.92 Å². The highest BCUT2D eigenvalue weighted by atomic mass is 16.5. The number of ether oxygens (including phenoxy) is 1. The molecule has 0 saturated carbocycles. The van der Waals surface area contributed by atoms with Gasteiger partial charge in [-0.25, -0.2) is 0 Å². The van der Waals surface area contributed by atoms with Crippen LogP contribution in [-0.4, -0.2) is 55.7 Å². The minimum absolute atomic E-state index is 0.0513. The molecule has 2 fully saturated rings. The number of likely N-dealkylation sites (N-methyl/N-ethyl adjacent to an activating group) is 1. The Bertz CT molecular complexity index is 311. The van der Waals surface area contributed by atoms with E-state index in [1.807, 2.05) is 6.92 Å². The summed E-state index contributed by atoms with van der Waals surface area (Å²) in [5, 5.41) is 3.16. The van der Waals surface area contributed by atoms with Crippen molar-refractivity contribution in [3.8, 4) is 0 Å². The van der Waals surface area contributed by atoms with E-state index >= 15 is 0 Å². The average Bonchev–Trinajstić information content (AvgIpc) is 2.71. The minimum atomic E-state index is -0.561. The molecule has 0 aliphatic carbocycles. The molecule has 3 N–H and O–H groups in total.